The Morgan fingerprint density at radius 2 is 2.00 bits per heavy atom. The maximum absolute atomic E-state index is 11.9. The highest BCUT2D eigenvalue weighted by atomic mass is 16.2. The van der Waals surface area contributed by atoms with Gasteiger partial charge in [0, 0.05) is 39.8 Å². The number of aliphatic imine (C=N–C) groups is 1. The Morgan fingerprint density at radius 1 is 1.26 bits per heavy atom. The van der Waals surface area contributed by atoms with Crippen LogP contribution >= 0.6 is 0 Å². The number of likely N-dealkylation sites (tertiary alicyclic amines) is 1. The lowest BCUT2D eigenvalue weighted by molar-refractivity contribution is -0.127. The first-order chi connectivity index (χ1) is 13.0. The van der Waals surface area contributed by atoms with Crippen LogP contribution in [0.3, 0.4) is 0 Å². The van der Waals surface area contributed by atoms with Gasteiger partial charge in [0.1, 0.15) is 6.54 Å². The minimum atomic E-state index is 0.00668. The fourth-order valence-corrected chi connectivity index (χ4v) is 3.13. The number of guanidine groups is 1. The van der Waals surface area contributed by atoms with Gasteiger partial charge < -0.3 is 15.5 Å². The summed E-state index contributed by atoms with van der Waals surface area (Å²) in [4.78, 5) is 20.4. The molecule has 1 aliphatic heterocycles. The summed E-state index contributed by atoms with van der Waals surface area (Å²) in [5.41, 5.74) is 1.35. The molecular formula is C21H35N5O. The van der Waals surface area contributed by atoms with Crippen LogP contribution in [0.5, 0.6) is 0 Å². The summed E-state index contributed by atoms with van der Waals surface area (Å²) in [6.07, 6.45) is 2.41. The summed E-state index contributed by atoms with van der Waals surface area (Å²) in [6, 6.07) is 11.1. The van der Waals surface area contributed by atoms with Crippen molar-refractivity contribution in [1.82, 2.24) is 20.4 Å². The van der Waals surface area contributed by atoms with Gasteiger partial charge in [-0.2, -0.15) is 0 Å². The monoisotopic (exact) mass is 373 g/mol. The van der Waals surface area contributed by atoms with E-state index in [-0.39, 0.29) is 12.5 Å². The SMILES string of the molecule is CC(C)CNC(=NCC(=O)N(C)C)NCC1CCCN1Cc1ccccc1. The lowest BCUT2D eigenvalue weighted by atomic mass is 10.2. The molecule has 1 amide bonds. The molecule has 1 aliphatic rings. The average molecular weight is 374 g/mol. The molecule has 6 nitrogen and oxygen atoms in total. The zero-order valence-electron chi connectivity index (χ0n) is 17.2. The first-order valence-electron chi connectivity index (χ1n) is 9.96. The number of carbonyl (C=O) groups excluding carboxylic acids is 1. The molecule has 1 aromatic rings. The maximum Gasteiger partial charge on any atom is 0.243 e. The van der Waals surface area contributed by atoms with Crippen molar-refractivity contribution in [3.05, 3.63) is 35.9 Å². The molecule has 1 saturated heterocycles. The third-order valence-corrected chi connectivity index (χ3v) is 4.78. The van der Waals surface area contributed by atoms with E-state index >= 15 is 0 Å². The molecule has 1 fully saturated rings. The molecule has 6 heteroatoms. The van der Waals surface area contributed by atoms with E-state index in [0.717, 1.165) is 32.1 Å². The van der Waals surface area contributed by atoms with Crippen LogP contribution < -0.4 is 10.6 Å². The molecule has 1 heterocycles. The number of likely N-dealkylation sites (N-methyl/N-ethyl adjacent to an activating group) is 1. The first kappa shape index (κ1) is 21.2. The summed E-state index contributed by atoms with van der Waals surface area (Å²) >= 11 is 0. The predicted molar refractivity (Wildman–Crippen MR) is 112 cm³/mol. The topological polar surface area (TPSA) is 60.0 Å². The summed E-state index contributed by atoms with van der Waals surface area (Å²) < 4.78 is 0. The lowest BCUT2D eigenvalue weighted by Crippen LogP contribution is -2.46. The van der Waals surface area contributed by atoms with Gasteiger partial charge in [-0.05, 0) is 30.9 Å². The summed E-state index contributed by atoms with van der Waals surface area (Å²) in [5, 5.41) is 6.81. The van der Waals surface area contributed by atoms with Crippen molar-refractivity contribution in [2.75, 3.05) is 40.3 Å². The number of nitrogens with one attached hydrogen (secondary N) is 2. The van der Waals surface area contributed by atoms with Gasteiger partial charge in [0.05, 0.1) is 0 Å². The second-order valence-electron chi connectivity index (χ2n) is 7.86. The van der Waals surface area contributed by atoms with Crippen LogP contribution in [0, 0.1) is 5.92 Å². The molecule has 0 saturated carbocycles. The first-order valence-corrected chi connectivity index (χ1v) is 9.96. The minimum Gasteiger partial charge on any atom is -0.356 e. The normalized spacial score (nSPS) is 18.0. The van der Waals surface area contributed by atoms with E-state index in [9.17, 15) is 4.79 Å². The van der Waals surface area contributed by atoms with Crippen LogP contribution in [0.1, 0.15) is 32.3 Å². The number of carbonyl (C=O) groups is 1. The summed E-state index contributed by atoms with van der Waals surface area (Å²) in [5.74, 6) is 1.25. The summed E-state index contributed by atoms with van der Waals surface area (Å²) in [6.45, 7) is 8.28. The zero-order chi connectivity index (χ0) is 19.6. The smallest absolute Gasteiger partial charge is 0.243 e. The molecule has 27 heavy (non-hydrogen) atoms. The third kappa shape index (κ3) is 7.59. The maximum atomic E-state index is 11.9. The quantitative estimate of drug-likeness (QED) is 0.540. The van der Waals surface area contributed by atoms with E-state index in [1.54, 1.807) is 19.0 Å². The van der Waals surface area contributed by atoms with Crippen molar-refractivity contribution in [3.63, 3.8) is 0 Å². The van der Waals surface area contributed by atoms with Gasteiger partial charge in [-0.3, -0.25) is 9.69 Å². The Bertz CT molecular complexity index is 600. The fraction of sp³-hybridized carbons (Fsp3) is 0.619. The van der Waals surface area contributed by atoms with E-state index in [0.29, 0.717) is 12.0 Å². The number of hydrogen-bond donors (Lipinski definition) is 2. The Kier molecular flexibility index (Phi) is 8.58. The van der Waals surface area contributed by atoms with Crippen LogP contribution in [0.25, 0.3) is 0 Å². The molecule has 0 aliphatic carbocycles. The molecule has 0 aromatic heterocycles. The van der Waals surface area contributed by atoms with Gasteiger partial charge in [0.25, 0.3) is 0 Å². The second-order valence-corrected chi connectivity index (χ2v) is 7.86. The Labute approximate surface area is 164 Å². The van der Waals surface area contributed by atoms with Crippen LogP contribution in [-0.2, 0) is 11.3 Å². The van der Waals surface area contributed by atoms with Gasteiger partial charge in [0.2, 0.25) is 5.91 Å². The molecule has 0 bridgehead atoms. The van der Waals surface area contributed by atoms with Crippen molar-refractivity contribution < 1.29 is 4.79 Å². The van der Waals surface area contributed by atoms with Crippen molar-refractivity contribution in [2.24, 2.45) is 10.9 Å². The average Bonchev–Trinajstić information content (AvgIpc) is 3.08. The van der Waals surface area contributed by atoms with Crippen molar-refractivity contribution in [2.45, 2.75) is 39.3 Å². The van der Waals surface area contributed by atoms with E-state index in [2.05, 4.69) is 64.7 Å². The molecule has 2 N–H and O–H groups in total. The molecule has 150 valence electrons. The number of hydrogen-bond acceptors (Lipinski definition) is 3. The Hall–Kier alpha value is -2.08. The molecule has 1 unspecified atom stereocenters. The second kappa shape index (κ2) is 10.9. The van der Waals surface area contributed by atoms with E-state index in [1.807, 2.05) is 0 Å². The van der Waals surface area contributed by atoms with Crippen LogP contribution in [0.2, 0.25) is 0 Å². The van der Waals surface area contributed by atoms with Crippen molar-refractivity contribution >= 4 is 11.9 Å². The van der Waals surface area contributed by atoms with Crippen molar-refractivity contribution in [1.29, 1.82) is 0 Å². The number of benzene rings is 1. The van der Waals surface area contributed by atoms with E-state index in [1.165, 1.54) is 18.4 Å². The van der Waals surface area contributed by atoms with Gasteiger partial charge in [-0.25, -0.2) is 4.99 Å². The molecular weight excluding hydrogens is 338 g/mol. The highest BCUT2D eigenvalue weighted by Crippen LogP contribution is 2.19. The third-order valence-electron chi connectivity index (χ3n) is 4.78. The van der Waals surface area contributed by atoms with Crippen LogP contribution in [-0.4, -0.2) is 68.0 Å². The summed E-state index contributed by atoms with van der Waals surface area (Å²) in [7, 11) is 3.51. The van der Waals surface area contributed by atoms with Crippen LogP contribution in [0.15, 0.2) is 35.3 Å². The Balaban J connectivity index is 1.91. The van der Waals surface area contributed by atoms with Gasteiger partial charge in [0.15, 0.2) is 5.96 Å². The van der Waals surface area contributed by atoms with Gasteiger partial charge >= 0.3 is 0 Å². The highest BCUT2D eigenvalue weighted by Gasteiger charge is 2.24. The molecule has 1 atom stereocenters. The zero-order valence-corrected chi connectivity index (χ0v) is 17.2. The van der Waals surface area contributed by atoms with Gasteiger partial charge in [-0.15, -0.1) is 0 Å². The number of rotatable bonds is 8. The molecule has 2 rings (SSSR count). The molecule has 0 spiro atoms. The van der Waals surface area contributed by atoms with Gasteiger partial charge in [-0.1, -0.05) is 44.2 Å². The highest BCUT2D eigenvalue weighted by molar-refractivity contribution is 5.84. The van der Waals surface area contributed by atoms with E-state index < -0.39 is 0 Å². The van der Waals surface area contributed by atoms with E-state index in [4.69, 9.17) is 0 Å². The van der Waals surface area contributed by atoms with Crippen LogP contribution in [0.4, 0.5) is 0 Å². The predicted octanol–water partition coefficient (Wildman–Crippen LogP) is 1.93. The fourth-order valence-electron chi connectivity index (χ4n) is 3.13. The lowest BCUT2D eigenvalue weighted by Gasteiger charge is -2.26. The largest absolute Gasteiger partial charge is 0.356 e. The Morgan fingerprint density at radius 3 is 2.67 bits per heavy atom. The van der Waals surface area contributed by atoms with Crippen molar-refractivity contribution in [3.8, 4) is 0 Å². The molecule has 0 radical (unpaired) electrons. The molecule has 1 aromatic carbocycles. The number of nitrogens with zero attached hydrogens (tertiary/aromatic N) is 3. The minimum absolute atomic E-state index is 0.00668. The standard InChI is InChI=1S/C21H35N5O/c1-17(2)13-22-21(24-15-20(27)25(3)4)23-14-19-11-8-12-26(19)16-18-9-6-5-7-10-18/h5-7,9-10,17,19H,8,11-16H2,1-4H3,(H2,22,23,24). The number of amides is 1.